The highest BCUT2D eigenvalue weighted by Gasteiger charge is 2.07. The van der Waals surface area contributed by atoms with Crippen LogP contribution >= 0.6 is 11.3 Å². The van der Waals surface area contributed by atoms with Crippen molar-refractivity contribution >= 4 is 11.3 Å². The standard InChI is InChI=1S/C8H9N3O2S/c1-5-10-13-8(12)11(5)3-7-4-14-6(2)9-7/h4H,3H2,1-2H3. The minimum Gasteiger partial charge on any atom is -0.296 e. The molecule has 0 amide bonds. The maximum absolute atomic E-state index is 11.2. The normalized spacial score (nSPS) is 10.7. The summed E-state index contributed by atoms with van der Waals surface area (Å²) in [6, 6.07) is 0. The number of hydrogen-bond donors (Lipinski definition) is 0. The average Bonchev–Trinajstić information content (AvgIpc) is 2.67. The quantitative estimate of drug-likeness (QED) is 0.742. The highest BCUT2D eigenvalue weighted by Crippen LogP contribution is 2.09. The summed E-state index contributed by atoms with van der Waals surface area (Å²) in [7, 11) is 0. The van der Waals surface area contributed by atoms with Crippen LogP contribution in [-0.4, -0.2) is 14.7 Å². The van der Waals surface area contributed by atoms with Crippen molar-refractivity contribution in [3.8, 4) is 0 Å². The molecule has 2 rings (SSSR count). The number of aryl methyl sites for hydroxylation is 2. The van der Waals surface area contributed by atoms with Gasteiger partial charge in [-0.1, -0.05) is 5.16 Å². The van der Waals surface area contributed by atoms with Gasteiger partial charge in [0, 0.05) is 5.38 Å². The van der Waals surface area contributed by atoms with Crippen molar-refractivity contribution in [1.29, 1.82) is 0 Å². The summed E-state index contributed by atoms with van der Waals surface area (Å²) < 4.78 is 5.96. The van der Waals surface area contributed by atoms with Crippen molar-refractivity contribution in [1.82, 2.24) is 14.7 Å². The van der Waals surface area contributed by atoms with Gasteiger partial charge in [0.15, 0.2) is 5.82 Å². The van der Waals surface area contributed by atoms with Crippen LogP contribution in [0.4, 0.5) is 0 Å². The zero-order chi connectivity index (χ0) is 10.1. The van der Waals surface area contributed by atoms with E-state index in [4.69, 9.17) is 0 Å². The van der Waals surface area contributed by atoms with Gasteiger partial charge in [0.05, 0.1) is 17.2 Å². The van der Waals surface area contributed by atoms with E-state index in [1.54, 1.807) is 18.3 Å². The van der Waals surface area contributed by atoms with Crippen molar-refractivity contribution in [2.75, 3.05) is 0 Å². The summed E-state index contributed by atoms with van der Waals surface area (Å²) in [5.41, 5.74) is 0.862. The van der Waals surface area contributed by atoms with E-state index < -0.39 is 5.76 Å². The summed E-state index contributed by atoms with van der Waals surface area (Å²) >= 11 is 1.56. The van der Waals surface area contributed by atoms with E-state index in [2.05, 4.69) is 14.7 Å². The van der Waals surface area contributed by atoms with Gasteiger partial charge in [0.1, 0.15) is 0 Å². The summed E-state index contributed by atoms with van der Waals surface area (Å²) in [5.74, 6) is 0.133. The molecule has 2 aromatic heterocycles. The van der Waals surface area contributed by atoms with E-state index >= 15 is 0 Å². The van der Waals surface area contributed by atoms with Gasteiger partial charge in [0.25, 0.3) is 0 Å². The average molecular weight is 211 g/mol. The number of thiazole rings is 1. The molecule has 5 nitrogen and oxygen atoms in total. The monoisotopic (exact) mass is 211 g/mol. The third-order valence-electron chi connectivity index (χ3n) is 1.85. The van der Waals surface area contributed by atoms with Crippen LogP contribution in [0.3, 0.4) is 0 Å². The van der Waals surface area contributed by atoms with Crippen LogP contribution in [0.25, 0.3) is 0 Å². The smallest absolute Gasteiger partial charge is 0.296 e. The van der Waals surface area contributed by atoms with Crippen LogP contribution in [-0.2, 0) is 6.54 Å². The number of aromatic nitrogens is 3. The number of rotatable bonds is 2. The molecule has 6 heteroatoms. The SMILES string of the molecule is Cc1nc(Cn2c(C)noc2=O)cs1. The van der Waals surface area contributed by atoms with Gasteiger partial charge >= 0.3 is 5.76 Å². The molecule has 0 bridgehead atoms. The topological polar surface area (TPSA) is 60.9 Å². The Bertz CT molecular complexity index is 497. The second kappa shape index (κ2) is 3.38. The molecule has 0 aromatic carbocycles. The molecule has 0 saturated carbocycles. The summed E-state index contributed by atoms with van der Waals surface area (Å²) in [5, 5.41) is 6.48. The Morgan fingerprint density at radius 1 is 1.57 bits per heavy atom. The highest BCUT2D eigenvalue weighted by molar-refractivity contribution is 7.09. The molecule has 14 heavy (non-hydrogen) atoms. The molecule has 74 valence electrons. The molecule has 0 spiro atoms. The second-order valence-corrected chi connectivity index (χ2v) is 4.00. The van der Waals surface area contributed by atoms with E-state index in [0.29, 0.717) is 12.4 Å². The summed E-state index contributed by atoms with van der Waals surface area (Å²) in [4.78, 5) is 15.4. The van der Waals surface area contributed by atoms with Gasteiger partial charge in [-0.15, -0.1) is 11.3 Å². The predicted octanol–water partition coefficient (Wildman–Crippen LogP) is 0.958. The fourth-order valence-electron chi connectivity index (χ4n) is 1.16. The van der Waals surface area contributed by atoms with Crippen molar-refractivity contribution in [2.45, 2.75) is 20.4 Å². The maximum atomic E-state index is 11.2. The van der Waals surface area contributed by atoms with Gasteiger partial charge in [0.2, 0.25) is 0 Å². The Kier molecular flexibility index (Phi) is 2.20. The maximum Gasteiger partial charge on any atom is 0.441 e. The van der Waals surface area contributed by atoms with Crippen LogP contribution in [0.15, 0.2) is 14.7 Å². The first-order valence-electron chi connectivity index (χ1n) is 4.11. The predicted molar refractivity (Wildman–Crippen MR) is 51.5 cm³/mol. The second-order valence-electron chi connectivity index (χ2n) is 2.94. The lowest BCUT2D eigenvalue weighted by Crippen LogP contribution is -2.16. The van der Waals surface area contributed by atoms with Crippen LogP contribution in [0.1, 0.15) is 16.5 Å². The minimum atomic E-state index is -0.437. The fraction of sp³-hybridized carbons (Fsp3) is 0.375. The highest BCUT2D eigenvalue weighted by atomic mass is 32.1. The van der Waals surface area contributed by atoms with Crippen molar-refractivity contribution in [3.63, 3.8) is 0 Å². The molecule has 0 aliphatic rings. The first-order chi connectivity index (χ1) is 6.66. The van der Waals surface area contributed by atoms with Gasteiger partial charge in [-0.25, -0.2) is 9.78 Å². The van der Waals surface area contributed by atoms with Gasteiger partial charge in [-0.2, -0.15) is 0 Å². The molecule has 0 aliphatic heterocycles. The molecule has 0 N–H and O–H groups in total. The Labute approximate surface area is 84.0 Å². The van der Waals surface area contributed by atoms with E-state index in [1.807, 2.05) is 12.3 Å². The zero-order valence-electron chi connectivity index (χ0n) is 7.85. The lowest BCUT2D eigenvalue weighted by Gasteiger charge is -1.96. The number of nitrogens with zero attached hydrogens (tertiary/aromatic N) is 3. The first kappa shape index (κ1) is 9.14. The van der Waals surface area contributed by atoms with Crippen molar-refractivity contribution in [2.24, 2.45) is 0 Å². The van der Waals surface area contributed by atoms with E-state index in [0.717, 1.165) is 10.7 Å². The largest absolute Gasteiger partial charge is 0.441 e. The Morgan fingerprint density at radius 2 is 2.36 bits per heavy atom. The zero-order valence-corrected chi connectivity index (χ0v) is 8.67. The molecule has 0 radical (unpaired) electrons. The van der Waals surface area contributed by atoms with Crippen LogP contribution in [0.2, 0.25) is 0 Å². The van der Waals surface area contributed by atoms with E-state index in [1.165, 1.54) is 4.57 Å². The fourth-order valence-corrected chi connectivity index (χ4v) is 1.76. The Hall–Kier alpha value is -1.43. The van der Waals surface area contributed by atoms with Crippen molar-refractivity contribution in [3.05, 3.63) is 32.5 Å². The van der Waals surface area contributed by atoms with Gasteiger partial charge in [-0.3, -0.25) is 9.09 Å². The number of hydrogen-bond acceptors (Lipinski definition) is 5. The van der Waals surface area contributed by atoms with Crippen molar-refractivity contribution < 1.29 is 4.52 Å². The molecule has 0 fully saturated rings. The third-order valence-corrected chi connectivity index (χ3v) is 2.68. The van der Waals surface area contributed by atoms with Crippen LogP contribution < -0.4 is 5.76 Å². The third kappa shape index (κ3) is 1.60. The Balaban J connectivity index is 2.31. The Morgan fingerprint density at radius 3 is 2.86 bits per heavy atom. The molecule has 0 atom stereocenters. The van der Waals surface area contributed by atoms with Crippen LogP contribution in [0, 0.1) is 13.8 Å². The molecule has 0 unspecified atom stereocenters. The van der Waals surface area contributed by atoms with E-state index in [9.17, 15) is 4.79 Å². The molecule has 2 aromatic rings. The molecular weight excluding hydrogens is 202 g/mol. The lowest BCUT2D eigenvalue weighted by atomic mass is 10.4. The molecule has 2 heterocycles. The molecule has 0 aliphatic carbocycles. The van der Waals surface area contributed by atoms with Crippen LogP contribution in [0.5, 0.6) is 0 Å². The van der Waals surface area contributed by atoms with E-state index in [-0.39, 0.29) is 0 Å². The summed E-state index contributed by atoms with van der Waals surface area (Å²) in [6.45, 7) is 4.08. The van der Waals surface area contributed by atoms with Gasteiger partial charge in [-0.05, 0) is 13.8 Å². The first-order valence-corrected chi connectivity index (χ1v) is 4.99. The molecular formula is C8H9N3O2S. The molecule has 0 saturated heterocycles. The minimum absolute atomic E-state index is 0.429. The summed E-state index contributed by atoms with van der Waals surface area (Å²) in [6.07, 6.45) is 0. The van der Waals surface area contributed by atoms with Gasteiger partial charge < -0.3 is 0 Å². The lowest BCUT2D eigenvalue weighted by molar-refractivity contribution is 0.375.